The monoisotopic (exact) mass is 577 g/mol. The van der Waals surface area contributed by atoms with E-state index < -0.39 is 5.60 Å². The largest absolute Gasteiger partial charge is 0.444 e. The third-order valence-electron chi connectivity index (χ3n) is 8.02. The third-order valence-corrected chi connectivity index (χ3v) is 8.02. The molecule has 0 aliphatic carbocycles. The van der Waals surface area contributed by atoms with E-state index in [1.54, 1.807) is 11.2 Å². The van der Waals surface area contributed by atoms with Gasteiger partial charge in [-0.15, -0.1) is 0 Å². The average molecular weight is 578 g/mol. The summed E-state index contributed by atoms with van der Waals surface area (Å²) >= 11 is 0. The molecule has 1 aliphatic rings. The Morgan fingerprint density at radius 2 is 1.84 bits per heavy atom. The zero-order valence-electron chi connectivity index (χ0n) is 25.8. The summed E-state index contributed by atoms with van der Waals surface area (Å²) in [6.07, 6.45) is 4.04. The van der Waals surface area contributed by atoms with Gasteiger partial charge in [-0.2, -0.15) is 0 Å². The fourth-order valence-electron chi connectivity index (χ4n) is 5.78. The summed E-state index contributed by atoms with van der Waals surface area (Å²) in [7, 11) is 2.02. The van der Waals surface area contributed by atoms with Crippen LogP contribution in [-0.2, 0) is 18.2 Å². The number of nitrogens with zero attached hydrogens (tertiary/aromatic N) is 6. The molecular formula is C34H39N7O2. The van der Waals surface area contributed by atoms with Crippen LogP contribution in [-0.4, -0.2) is 61.8 Å². The van der Waals surface area contributed by atoms with Gasteiger partial charge in [0.1, 0.15) is 17.7 Å². The second kappa shape index (κ2) is 11.2. The fraction of sp³-hybridized carbons (Fsp3) is 0.353. The van der Waals surface area contributed by atoms with Crippen LogP contribution in [0.1, 0.15) is 44.4 Å². The second-order valence-corrected chi connectivity index (χ2v) is 12.5. The van der Waals surface area contributed by atoms with Crippen LogP contribution in [0.4, 0.5) is 22.0 Å². The quantitative estimate of drug-likeness (QED) is 0.252. The molecule has 1 amide bonds. The van der Waals surface area contributed by atoms with Gasteiger partial charge in [0.2, 0.25) is 0 Å². The van der Waals surface area contributed by atoms with Crippen LogP contribution in [0.25, 0.3) is 21.9 Å². The lowest BCUT2D eigenvalue weighted by molar-refractivity contribution is 0.0219. The fourth-order valence-corrected chi connectivity index (χ4v) is 5.78. The van der Waals surface area contributed by atoms with Gasteiger partial charge < -0.3 is 24.4 Å². The lowest BCUT2D eigenvalue weighted by Gasteiger charge is -2.41. The Hall–Kier alpha value is -4.66. The van der Waals surface area contributed by atoms with Gasteiger partial charge in [-0.25, -0.2) is 19.7 Å². The minimum atomic E-state index is -0.507. The number of rotatable bonds is 5. The van der Waals surface area contributed by atoms with E-state index in [9.17, 15) is 4.79 Å². The number of carbonyl (C=O) groups excluding carboxylic acids is 1. The summed E-state index contributed by atoms with van der Waals surface area (Å²) < 4.78 is 7.64. The molecule has 9 nitrogen and oxygen atoms in total. The molecule has 1 fully saturated rings. The molecule has 5 aromatic rings. The van der Waals surface area contributed by atoms with Crippen molar-refractivity contribution in [1.29, 1.82) is 0 Å². The van der Waals surface area contributed by atoms with E-state index >= 15 is 0 Å². The van der Waals surface area contributed by atoms with Crippen LogP contribution in [0.15, 0.2) is 67.3 Å². The van der Waals surface area contributed by atoms with Crippen molar-refractivity contribution in [2.45, 2.75) is 52.7 Å². The Balaban J connectivity index is 1.19. The van der Waals surface area contributed by atoms with Crippen molar-refractivity contribution < 1.29 is 9.53 Å². The molecule has 3 aromatic carbocycles. The Morgan fingerprint density at radius 1 is 1.00 bits per heavy atom. The summed E-state index contributed by atoms with van der Waals surface area (Å²) in [5, 5.41) is 4.49. The summed E-state index contributed by atoms with van der Waals surface area (Å²) in [6.45, 7) is 11.9. The van der Waals surface area contributed by atoms with Gasteiger partial charge in [0.15, 0.2) is 0 Å². The molecule has 43 heavy (non-hydrogen) atoms. The molecule has 0 unspecified atom stereocenters. The van der Waals surface area contributed by atoms with Crippen molar-refractivity contribution >= 4 is 45.2 Å². The highest BCUT2D eigenvalue weighted by Crippen LogP contribution is 2.30. The molecule has 2 aromatic heterocycles. The van der Waals surface area contributed by atoms with E-state index in [-0.39, 0.29) is 12.1 Å². The van der Waals surface area contributed by atoms with E-state index in [2.05, 4.69) is 87.5 Å². The van der Waals surface area contributed by atoms with Crippen LogP contribution >= 0.6 is 0 Å². The molecule has 1 N–H and O–H groups in total. The van der Waals surface area contributed by atoms with E-state index in [1.807, 2.05) is 44.8 Å². The van der Waals surface area contributed by atoms with Gasteiger partial charge in [0.05, 0.1) is 22.9 Å². The standard InChI is InChI=1S/C34H39N7O2/c1-22-15-26(9-8-25(22)16-24-7-12-31-30(17-24)37-21-39(31)6)38-32-28-18-27(10-11-29(28)35-20-36-32)41-14-13-40(19-23(41)2)33(42)43-34(3,4)5/h7-12,15,17-18,20-21,23H,13-14,16,19H2,1-6H3,(H,35,36,38)/t23-/m0/s1. The normalized spacial score (nSPS) is 15.7. The molecule has 3 heterocycles. The van der Waals surface area contributed by atoms with Gasteiger partial charge in [-0.05, 0) is 100 Å². The lowest BCUT2D eigenvalue weighted by atomic mass is 9.99. The smallest absolute Gasteiger partial charge is 0.410 e. The molecule has 1 atom stereocenters. The lowest BCUT2D eigenvalue weighted by Crippen LogP contribution is -2.54. The predicted molar refractivity (Wildman–Crippen MR) is 172 cm³/mol. The number of imidazole rings is 1. The Kier molecular flexibility index (Phi) is 7.42. The number of aromatic nitrogens is 4. The SMILES string of the molecule is Cc1cc(Nc2ncnc3ccc(N4CCN(C(=O)OC(C)(C)C)C[C@@H]4C)cc23)ccc1Cc1ccc2c(c1)ncn2C. The molecule has 9 heteroatoms. The molecule has 6 rings (SSSR count). The van der Waals surface area contributed by atoms with E-state index in [1.165, 1.54) is 16.7 Å². The number of nitrogens with one attached hydrogen (secondary N) is 1. The van der Waals surface area contributed by atoms with Crippen LogP contribution in [0.5, 0.6) is 0 Å². The van der Waals surface area contributed by atoms with Crippen LogP contribution < -0.4 is 10.2 Å². The molecule has 1 saturated heterocycles. The number of amides is 1. The molecule has 1 aliphatic heterocycles. The number of hydrogen-bond acceptors (Lipinski definition) is 7. The first kappa shape index (κ1) is 28.5. The van der Waals surface area contributed by atoms with Gasteiger partial charge in [-0.1, -0.05) is 12.1 Å². The van der Waals surface area contributed by atoms with Crippen molar-refractivity contribution in [2.24, 2.45) is 7.05 Å². The number of piperazine rings is 1. The van der Waals surface area contributed by atoms with Crippen molar-refractivity contribution in [3.63, 3.8) is 0 Å². The first-order valence-corrected chi connectivity index (χ1v) is 14.8. The number of ether oxygens (including phenoxy) is 1. The molecular weight excluding hydrogens is 538 g/mol. The van der Waals surface area contributed by atoms with Crippen LogP contribution in [0.3, 0.4) is 0 Å². The number of hydrogen-bond donors (Lipinski definition) is 1. The average Bonchev–Trinajstić information content (AvgIpc) is 3.33. The maximum Gasteiger partial charge on any atom is 0.410 e. The van der Waals surface area contributed by atoms with Gasteiger partial charge in [-0.3, -0.25) is 0 Å². The number of fused-ring (bicyclic) bond motifs is 2. The van der Waals surface area contributed by atoms with E-state index in [0.717, 1.165) is 52.1 Å². The summed E-state index contributed by atoms with van der Waals surface area (Å²) in [4.78, 5) is 30.4. The third kappa shape index (κ3) is 6.11. The highest BCUT2D eigenvalue weighted by molar-refractivity contribution is 5.93. The van der Waals surface area contributed by atoms with E-state index in [4.69, 9.17) is 4.74 Å². The number of anilines is 3. The van der Waals surface area contributed by atoms with Crippen molar-refractivity contribution in [1.82, 2.24) is 24.4 Å². The van der Waals surface area contributed by atoms with Crippen LogP contribution in [0, 0.1) is 6.92 Å². The van der Waals surface area contributed by atoms with Crippen molar-refractivity contribution in [2.75, 3.05) is 29.9 Å². The van der Waals surface area contributed by atoms with Crippen molar-refractivity contribution in [3.05, 3.63) is 83.9 Å². The summed E-state index contributed by atoms with van der Waals surface area (Å²) in [5.41, 5.74) is 8.31. The summed E-state index contributed by atoms with van der Waals surface area (Å²) in [5.74, 6) is 0.764. The number of aryl methyl sites for hydroxylation is 2. The first-order valence-electron chi connectivity index (χ1n) is 14.8. The van der Waals surface area contributed by atoms with Crippen molar-refractivity contribution in [3.8, 4) is 0 Å². The number of benzene rings is 3. The van der Waals surface area contributed by atoms with E-state index in [0.29, 0.717) is 13.1 Å². The molecule has 0 bridgehead atoms. The minimum Gasteiger partial charge on any atom is -0.444 e. The maximum absolute atomic E-state index is 12.6. The zero-order chi connectivity index (χ0) is 30.3. The highest BCUT2D eigenvalue weighted by Gasteiger charge is 2.30. The summed E-state index contributed by atoms with van der Waals surface area (Å²) in [6, 6.07) is 19.4. The molecule has 0 spiro atoms. The predicted octanol–water partition coefficient (Wildman–Crippen LogP) is 6.60. The second-order valence-electron chi connectivity index (χ2n) is 12.5. The first-order chi connectivity index (χ1) is 20.5. The Labute approximate surface area is 252 Å². The number of carbonyl (C=O) groups is 1. The topological polar surface area (TPSA) is 88.4 Å². The highest BCUT2D eigenvalue weighted by atomic mass is 16.6. The maximum atomic E-state index is 12.6. The molecule has 0 saturated carbocycles. The molecule has 222 valence electrons. The van der Waals surface area contributed by atoms with Gasteiger partial charge in [0.25, 0.3) is 0 Å². The Morgan fingerprint density at radius 3 is 2.60 bits per heavy atom. The minimum absolute atomic E-state index is 0.133. The molecule has 0 radical (unpaired) electrons. The Bertz CT molecular complexity index is 1810. The van der Waals surface area contributed by atoms with Crippen LogP contribution in [0.2, 0.25) is 0 Å². The van der Waals surface area contributed by atoms with Gasteiger partial charge in [0, 0.05) is 49.5 Å². The van der Waals surface area contributed by atoms with Gasteiger partial charge >= 0.3 is 6.09 Å². The zero-order valence-corrected chi connectivity index (χ0v) is 25.8.